The number of alkyl halides is 2. The average Bonchev–Trinajstić information content (AvgIpc) is 3.30. The van der Waals surface area contributed by atoms with Crippen LogP contribution in [-0.4, -0.2) is 19.7 Å². The molecule has 4 aromatic rings. The number of aromatic nitrogens is 4. The molecular formula is C15H10F2N4O2S. The summed E-state index contributed by atoms with van der Waals surface area (Å²) in [4.78, 5) is 8.42. The second-order valence-corrected chi connectivity index (χ2v) is 5.75. The van der Waals surface area contributed by atoms with E-state index in [1.54, 1.807) is 36.4 Å². The fourth-order valence-electron chi connectivity index (χ4n) is 2.26. The lowest BCUT2D eigenvalue weighted by Crippen LogP contribution is -2.00. The van der Waals surface area contributed by atoms with Gasteiger partial charge in [0.1, 0.15) is 0 Å². The molecule has 0 amide bonds. The van der Waals surface area contributed by atoms with Crippen molar-refractivity contribution in [2.24, 2.45) is 0 Å². The van der Waals surface area contributed by atoms with Crippen LogP contribution in [0.2, 0.25) is 0 Å². The SMILES string of the molecule is FC(F)n1c(SCc2nc(-c3ccco3)no2)nc2ccccc21. The van der Waals surface area contributed by atoms with Gasteiger partial charge in [-0.15, -0.1) is 0 Å². The van der Waals surface area contributed by atoms with Gasteiger partial charge in [-0.25, -0.2) is 4.98 Å². The standard InChI is InChI=1S/C15H10F2N4O2S/c16-14(17)21-10-5-2-1-4-9(10)18-15(21)24-8-12-19-13(20-23-12)11-6-3-7-22-11/h1-7,14H,8H2. The number of furan rings is 1. The third-order valence-electron chi connectivity index (χ3n) is 3.29. The quantitative estimate of drug-likeness (QED) is 0.499. The summed E-state index contributed by atoms with van der Waals surface area (Å²) >= 11 is 1.11. The van der Waals surface area contributed by atoms with Gasteiger partial charge in [0.2, 0.25) is 11.7 Å². The molecule has 0 saturated carbocycles. The maximum absolute atomic E-state index is 13.4. The van der Waals surface area contributed by atoms with Crippen molar-refractivity contribution in [3.05, 3.63) is 48.6 Å². The molecule has 0 aliphatic rings. The van der Waals surface area contributed by atoms with Crippen molar-refractivity contribution in [1.82, 2.24) is 19.7 Å². The average molecular weight is 348 g/mol. The summed E-state index contributed by atoms with van der Waals surface area (Å²) in [5.74, 6) is 1.33. The van der Waals surface area contributed by atoms with Crippen molar-refractivity contribution >= 4 is 22.8 Å². The smallest absolute Gasteiger partial charge is 0.321 e. The molecule has 122 valence electrons. The molecule has 3 aromatic heterocycles. The number of fused-ring (bicyclic) bond motifs is 1. The van der Waals surface area contributed by atoms with Crippen LogP contribution in [0.15, 0.2) is 56.8 Å². The van der Waals surface area contributed by atoms with Crippen LogP contribution >= 0.6 is 11.8 Å². The first-order chi connectivity index (χ1) is 11.7. The van der Waals surface area contributed by atoms with Gasteiger partial charge in [-0.1, -0.05) is 29.1 Å². The Morgan fingerprint density at radius 3 is 2.79 bits per heavy atom. The van der Waals surface area contributed by atoms with Gasteiger partial charge < -0.3 is 8.94 Å². The highest BCUT2D eigenvalue weighted by molar-refractivity contribution is 7.98. The Hall–Kier alpha value is -2.68. The number of benzene rings is 1. The van der Waals surface area contributed by atoms with E-state index in [4.69, 9.17) is 8.94 Å². The number of rotatable bonds is 5. The first-order valence-electron chi connectivity index (χ1n) is 6.97. The van der Waals surface area contributed by atoms with Gasteiger partial charge in [0.25, 0.3) is 0 Å². The molecule has 0 atom stereocenters. The Labute approximate surface area is 138 Å². The molecule has 24 heavy (non-hydrogen) atoms. The highest BCUT2D eigenvalue weighted by Gasteiger charge is 2.19. The summed E-state index contributed by atoms with van der Waals surface area (Å²) in [5, 5.41) is 4.00. The van der Waals surface area contributed by atoms with E-state index < -0.39 is 6.55 Å². The van der Waals surface area contributed by atoms with E-state index in [9.17, 15) is 8.78 Å². The number of para-hydroxylation sites is 2. The number of halogens is 2. The first-order valence-corrected chi connectivity index (χ1v) is 7.95. The number of thioether (sulfide) groups is 1. The second kappa shape index (κ2) is 6.08. The van der Waals surface area contributed by atoms with Crippen LogP contribution in [0, 0.1) is 0 Å². The summed E-state index contributed by atoms with van der Waals surface area (Å²) in [6.45, 7) is -2.68. The van der Waals surface area contributed by atoms with E-state index in [0.717, 1.165) is 16.3 Å². The van der Waals surface area contributed by atoms with Crippen LogP contribution in [0.1, 0.15) is 12.4 Å². The van der Waals surface area contributed by atoms with E-state index in [0.29, 0.717) is 28.5 Å². The minimum atomic E-state index is -2.68. The largest absolute Gasteiger partial charge is 0.461 e. The summed E-state index contributed by atoms with van der Waals surface area (Å²) < 4.78 is 37.9. The lowest BCUT2D eigenvalue weighted by atomic mass is 10.3. The Morgan fingerprint density at radius 2 is 2.00 bits per heavy atom. The molecule has 6 nitrogen and oxygen atoms in total. The minimum Gasteiger partial charge on any atom is -0.461 e. The molecule has 4 rings (SSSR count). The number of imidazole rings is 1. The van der Waals surface area contributed by atoms with E-state index in [1.807, 2.05) is 0 Å². The van der Waals surface area contributed by atoms with Crippen LogP contribution in [0.4, 0.5) is 8.78 Å². The molecule has 1 aromatic carbocycles. The molecule has 0 aliphatic carbocycles. The van der Waals surface area contributed by atoms with Crippen LogP contribution in [0.3, 0.4) is 0 Å². The second-order valence-electron chi connectivity index (χ2n) is 4.81. The fourth-order valence-corrected chi connectivity index (χ4v) is 3.11. The topological polar surface area (TPSA) is 69.9 Å². The fraction of sp³-hybridized carbons (Fsp3) is 0.133. The minimum absolute atomic E-state index is 0.198. The molecule has 0 saturated heterocycles. The normalized spacial score (nSPS) is 11.6. The third kappa shape index (κ3) is 2.67. The Kier molecular flexibility index (Phi) is 3.77. The van der Waals surface area contributed by atoms with Crippen LogP contribution in [0.25, 0.3) is 22.6 Å². The van der Waals surface area contributed by atoms with Gasteiger partial charge in [-0.05, 0) is 24.3 Å². The van der Waals surface area contributed by atoms with E-state index in [2.05, 4.69) is 15.1 Å². The van der Waals surface area contributed by atoms with E-state index >= 15 is 0 Å². The van der Waals surface area contributed by atoms with Crippen LogP contribution < -0.4 is 0 Å². The van der Waals surface area contributed by atoms with Gasteiger partial charge in [-0.2, -0.15) is 13.8 Å². The summed E-state index contributed by atoms with van der Waals surface area (Å²) in [6, 6.07) is 10.2. The molecule has 0 N–H and O–H groups in total. The zero-order valence-corrected chi connectivity index (χ0v) is 12.9. The van der Waals surface area contributed by atoms with Crippen molar-refractivity contribution in [2.75, 3.05) is 0 Å². The van der Waals surface area contributed by atoms with Gasteiger partial charge in [0.05, 0.1) is 23.0 Å². The molecule has 3 heterocycles. The van der Waals surface area contributed by atoms with Crippen molar-refractivity contribution in [3.63, 3.8) is 0 Å². The molecule has 0 bridgehead atoms. The van der Waals surface area contributed by atoms with Crippen LogP contribution in [0.5, 0.6) is 0 Å². The molecule has 9 heteroatoms. The van der Waals surface area contributed by atoms with E-state index in [1.165, 1.54) is 6.26 Å². The molecule has 0 aliphatic heterocycles. The zero-order chi connectivity index (χ0) is 16.5. The molecule has 0 fully saturated rings. The summed E-state index contributed by atoms with van der Waals surface area (Å²) in [7, 11) is 0. The van der Waals surface area contributed by atoms with Gasteiger partial charge in [0, 0.05) is 0 Å². The zero-order valence-electron chi connectivity index (χ0n) is 12.1. The van der Waals surface area contributed by atoms with Crippen molar-refractivity contribution in [1.29, 1.82) is 0 Å². The van der Waals surface area contributed by atoms with Gasteiger partial charge in [0.15, 0.2) is 10.9 Å². The van der Waals surface area contributed by atoms with Crippen molar-refractivity contribution in [3.8, 4) is 11.6 Å². The number of hydrogen-bond donors (Lipinski definition) is 0. The molecular weight excluding hydrogens is 338 g/mol. The number of hydrogen-bond acceptors (Lipinski definition) is 6. The Balaban J connectivity index is 1.58. The van der Waals surface area contributed by atoms with E-state index in [-0.39, 0.29) is 10.9 Å². The predicted octanol–water partition coefficient (Wildman–Crippen LogP) is 4.37. The lowest BCUT2D eigenvalue weighted by molar-refractivity contribution is 0.0656. The third-order valence-corrected chi connectivity index (χ3v) is 4.23. The van der Waals surface area contributed by atoms with Crippen LogP contribution in [-0.2, 0) is 5.75 Å². The number of nitrogens with zero attached hydrogens (tertiary/aromatic N) is 4. The summed E-state index contributed by atoms with van der Waals surface area (Å²) in [5.41, 5.74) is 0.902. The highest BCUT2D eigenvalue weighted by atomic mass is 32.2. The monoisotopic (exact) mass is 348 g/mol. The summed E-state index contributed by atoms with van der Waals surface area (Å²) in [6.07, 6.45) is 1.51. The Morgan fingerprint density at radius 1 is 1.12 bits per heavy atom. The first kappa shape index (κ1) is 14.9. The lowest BCUT2D eigenvalue weighted by Gasteiger charge is -2.05. The van der Waals surface area contributed by atoms with Gasteiger partial charge >= 0.3 is 6.55 Å². The van der Waals surface area contributed by atoms with Crippen molar-refractivity contribution < 1.29 is 17.7 Å². The van der Waals surface area contributed by atoms with Gasteiger partial charge in [-0.3, -0.25) is 4.57 Å². The molecule has 0 spiro atoms. The molecule has 0 unspecified atom stereocenters. The predicted molar refractivity (Wildman–Crippen MR) is 82.5 cm³/mol. The maximum Gasteiger partial charge on any atom is 0.321 e. The molecule has 0 radical (unpaired) electrons. The van der Waals surface area contributed by atoms with Crippen molar-refractivity contribution in [2.45, 2.75) is 17.5 Å². The highest BCUT2D eigenvalue weighted by Crippen LogP contribution is 2.31. The maximum atomic E-state index is 13.4. The Bertz CT molecular complexity index is 965.